The second kappa shape index (κ2) is 8.88. The molecule has 1 aromatic carbocycles. The fourth-order valence-electron chi connectivity index (χ4n) is 4.02. The average molecular weight is 408 g/mol. The number of esters is 1. The van der Waals surface area contributed by atoms with Gasteiger partial charge in [-0.2, -0.15) is 0 Å². The molecule has 1 aliphatic heterocycles. The van der Waals surface area contributed by atoms with Crippen LogP contribution in [-0.2, 0) is 19.1 Å². The molecule has 2 heterocycles. The van der Waals surface area contributed by atoms with Crippen molar-refractivity contribution in [3.05, 3.63) is 65.0 Å². The van der Waals surface area contributed by atoms with Crippen LogP contribution in [0.1, 0.15) is 47.5 Å². The number of ether oxygens (including phenoxy) is 2. The Hall–Kier alpha value is -2.86. The normalized spacial score (nSPS) is 17.9. The highest BCUT2D eigenvalue weighted by atomic mass is 16.5. The quantitative estimate of drug-likeness (QED) is 0.541. The monoisotopic (exact) mass is 408 g/mol. The van der Waals surface area contributed by atoms with Gasteiger partial charge in [0.2, 0.25) is 6.10 Å². The van der Waals surface area contributed by atoms with E-state index in [1.807, 2.05) is 30.3 Å². The maximum Gasteiger partial charge on any atom is 0.331 e. The van der Waals surface area contributed by atoms with Gasteiger partial charge in [0.1, 0.15) is 0 Å². The van der Waals surface area contributed by atoms with E-state index in [0.29, 0.717) is 37.9 Å². The lowest BCUT2D eigenvalue weighted by Gasteiger charge is -2.30. The van der Waals surface area contributed by atoms with E-state index in [1.165, 1.54) is 24.6 Å². The summed E-state index contributed by atoms with van der Waals surface area (Å²) in [4.78, 5) is 27.4. The van der Waals surface area contributed by atoms with Crippen molar-refractivity contribution in [1.82, 2.24) is 9.47 Å². The summed E-state index contributed by atoms with van der Waals surface area (Å²) >= 11 is 0. The van der Waals surface area contributed by atoms with Crippen LogP contribution in [0.5, 0.6) is 0 Å². The van der Waals surface area contributed by atoms with Gasteiger partial charge in [0.15, 0.2) is 0 Å². The molecule has 158 valence electrons. The van der Waals surface area contributed by atoms with Gasteiger partial charge in [0.25, 0.3) is 5.91 Å². The molecule has 2 aromatic rings. The van der Waals surface area contributed by atoms with E-state index in [0.717, 1.165) is 11.3 Å². The van der Waals surface area contributed by atoms with Gasteiger partial charge in [-0.05, 0) is 44.4 Å². The van der Waals surface area contributed by atoms with Crippen LogP contribution in [0, 0.1) is 13.8 Å². The molecule has 1 aromatic heterocycles. The van der Waals surface area contributed by atoms with Crippen molar-refractivity contribution in [3.63, 3.8) is 0 Å². The topological polar surface area (TPSA) is 60.8 Å². The maximum absolute atomic E-state index is 13.1. The number of amides is 1. The molecular formula is C24H28N2O4. The van der Waals surface area contributed by atoms with Gasteiger partial charge in [-0.25, -0.2) is 4.79 Å². The molecule has 1 aliphatic carbocycles. The van der Waals surface area contributed by atoms with Crippen LogP contribution in [0.25, 0.3) is 6.08 Å². The van der Waals surface area contributed by atoms with Gasteiger partial charge >= 0.3 is 5.97 Å². The zero-order valence-corrected chi connectivity index (χ0v) is 17.5. The highest BCUT2D eigenvalue weighted by Gasteiger charge is 2.30. The first-order valence-corrected chi connectivity index (χ1v) is 10.5. The van der Waals surface area contributed by atoms with Crippen molar-refractivity contribution in [3.8, 4) is 0 Å². The number of benzene rings is 1. The van der Waals surface area contributed by atoms with Crippen molar-refractivity contribution < 1.29 is 19.1 Å². The lowest BCUT2D eigenvalue weighted by Crippen LogP contribution is -2.44. The molecule has 0 N–H and O–H groups in total. The summed E-state index contributed by atoms with van der Waals surface area (Å²) in [5, 5.41) is 0. The molecule has 1 saturated heterocycles. The molecule has 6 nitrogen and oxygen atoms in total. The molecule has 1 amide bonds. The Kier molecular flexibility index (Phi) is 6.04. The van der Waals surface area contributed by atoms with Gasteiger partial charge in [-0.1, -0.05) is 30.3 Å². The third-order valence-electron chi connectivity index (χ3n) is 5.72. The second-order valence-electron chi connectivity index (χ2n) is 7.93. The molecule has 30 heavy (non-hydrogen) atoms. The predicted octanol–water partition coefficient (Wildman–Crippen LogP) is 3.60. The smallest absolute Gasteiger partial charge is 0.331 e. The van der Waals surface area contributed by atoms with Crippen LogP contribution in [0.4, 0.5) is 0 Å². The van der Waals surface area contributed by atoms with Crippen molar-refractivity contribution in [1.29, 1.82) is 0 Å². The zero-order chi connectivity index (χ0) is 21.1. The van der Waals surface area contributed by atoms with E-state index in [2.05, 4.69) is 24.5 Å². The van der Waals surface area contributed by atoms with Crippen LogP contribution in [0.15, 0.2) is 42.5 Å². The molecule has 4 rings (SSSR count). The summed E-state index contributed by atoms with van der Waals surface area (Å²) in [6, 6.07) is 11.8. The summed E-state index contributed by atoms with van der Waals surface area (Å²) < 4.78 is 13.3. The van der Waals surface area contributed by atoms with E-state index in [4.69, 9.17) is 9.47 Å². The Morgan fingerprint density at radius 3 is 2.50 bits per heavy atom. The van der Waals surface area contributed by atoms with Crippen LogP contribution < -0.4 is 0 Å². The number of nitrogens with zero attached hydrogens (tertiary/aromatic N) is 2. The van der Waals surface area contributed by atoms with Gasteiger partial charge in [0, 0.05) is 42.2 Å². The third-order valence-corrected chi connectivity index (χ3v) is 5.72. The van der Waals surface area contributed by atoms with Gasteiger partial charge in [-0.15, -0.1) is 0 Å². The Morgan fingerprint density at radius 1 is 1.13 bits per heavy atom. The standard InChI is InChI=1S/C24H28N2O4/c1-17-16-20(18(2)26(17)21-9-10-21)8-11-22(27)30-23(19-6-4-3-5-7-19)24(28)25-12-14-29-15-13-25/h3-8,11,16,21,23H,9-10,12-15H2,1-2H3/b11-8+/t23-/m1/s1. The number of hydrogen-bond donors (Lipinski definition) is 0. The molecule has 2 fully saturated rings. The van der Waals surface area contributed by atoms with Crippen LogP contribution in [-0.4, -0.2) is 47.6 Å². The molecule has 0 radical (unpaired) electrons. The predicted molar refractivity (Wildman–Crippen MR) is 114 cm³/mol. The Bertz CT molecular complexity index is 938. The van der Waals surface area contributed by atoms with E-state index < -0.39 is 12.1 Å². The minimum absolute atomic E-state index is 0.210. The van der Waals surface area contributed by atoms with Crippen molar-refractivity contribution in [2.75, 3.05) is 26.3 Å². The number of rotatable bonds is 6. The zero-order valence-electron chi connectivity index (χ0n) is 17.5. The number of hydrogen-bond acceptors (Lipinski definition) is 4. The molecule has 0 unspecified atom stereocenters. The minimum atomic E-state index is -0.958. The largest absolute Gasteiger partial charge is 0.444 e. The summed E-state index contributed by atoms with van der Waals surface area (Å²) in [7, 11) is 0. The van der Waals surface area contributed by atoms with Crippen LogP contribution in [0.3, 0.4) is 0 Å². The van der Waals surface area contributed by atoms with Crippen molar-refractivity contribution >= 4 is 18.0 Å². The Labute approximate surface area is 177 Å². The van der Waals surface area contributed by atoms with E-state index in [-0.39, 0.29) is 5.91 Å². The molecular weight excluding hydrogens is 380 g/mol. The fraction of sp³-hybridized carbons (Fsp3) is 0.417. The van der Waals surface area contributed by atoms with Gasteiger partial charge < -0.3 is 18.9 Å². The van der Waals surface area contributed by atoms with Crippen LogP contribution >= 0.6 is 0 Å². The molecule has 0 bridgehead atoms. The Balaban J connectivity index is 1.49. The summed E-state index contributed by atoms with van der Waals surface area (Å²) in [6.07, 6.45) is 4.67. The molecule has 2 aliphatic rings. The SMILES string of the molecule is Cc1cc(/C=C/C(=O)O[C@@H](C(=O)N2CCOCC2)c2ccccc2)c(C)n1C1CC1. The number of morpholine rings is 1. The first-order valence-electron chi connectivity index (χ1n) is 10.5. The molecule has 1 saturated carbocycles. The first kappa shape index (κ1) is 20.4. The lowest BCUT2D eigenvalue weighted by molar-refractivity contribution is -0.159. The average Bonchev–Trinajstić information content (AvgIpc) is 3.56. The minimum Gasteiger partial charge on any atom is -0.444 e. The first-order chi connectivity index (χ1) is 14.5. The van der Waals surface area contributed by atoms with E-state index in [9.17, 15) is 9.59 Å². The summed E-state index contributed by atoms with van der Waals surface area (Å²) in [6.45, 7) is 6.17. The third kappa shape index (κ3) is 4.49. The van der Waals surface area contributed by atoms with E-state index >= 15 is 0 Å². The number of carbonyl (C=O) groups excluding carboxylic acids is 2. The maximum atomic E-state index is 13.1. The molecule has 6 heteroatoms. The number of aromatic nitrogens is 1. The van der Waals surface area contributed by atoms with Crippen LogP contribution in [0.2, 0.25) is 0 Å². The number of carbonyl (C=O) groups is 2. The van der Waals surface area contributed by atoms with Crippen molar-refractivity contribution in [2.24, 2.45) is 0 Å². The lowest BCUT2D eigenvalue weighted by atomic mass is 10.1. The molecule has 0 spiro atoms. The Morgan fingerprint density at radius 2 is 1.83 bits per heavy atom. The molecule has 1 atom stereocenters. The fourth-order valence-corrected chi connectivity index (χ4v) is 4.02. The highest BCUT2D eigenvalue weighted by molar-refractivity contribution is 5.91. The van der Waals surface area contributed by atoms with Gasteiger partial charge in [-0.3, -0.25) is 4.79 Å². The highest BCUT2D eigenvalue weighted by Crippen LogP contribution is 2.38. The van der Waals surface area contributed by atoms with Gasteiger partial charge in [0.05, 0.1) is 13.2 Å². The summed E-state index contributed by atoms with van der Waals surface area (Å²) in [5.74, 6) is -0.736. The van der Waals surface area contributed by atoms with E-state index in [1.54, 1.807) is 11.0 Å². The van der Waals surface area contributed by atoms with Crippen molar-refractivity contribution in [2.45, 2.75) is 38.8 Å². The summed E-state index contributed by atoms with van der Waals surface area (Å²) in [5.41, 5.74) is 4.03. The second-order valence-corrected chi connectivity index (χ2v) is 7.93. The number of aryl methyl sites for hydroxylation is 1.